The Kier molecular flexibility index (Phi) is 10.7. The van der Waals surface area contributed by atoms with Crippen molar-refractivity contribution in [3.63, 3.8) is 0 Å². The predicted octanol–water partition coefficient (Wildman–Crippen LogP) is 4.45. The molecule has 0 rings (SSSR count). The predicted molar refractivity (Wildman–Crippen MR) is 129 cm³/mol. The third kappa shape index (κ3) is 9.10. The second-order valence-electron chi connectivity index (χ2n) is 11.9. The highest BCUT2D eigenvalue weighted by Crippen LogP contribution is 2.37. The molecular weight excluding hydrogens is 440 g/mol. The van der Waals surface area contributed by atoms with Crippen molar-refractivity contribution >= 4 is 23.5 Å². The summed E-state index contributed by atoms with van der Waals surface area (Å²) in [6, 6.07) is 0. The maximum atomic E-state index is 13.2. The van der Waals surface area contributed by atoms with Crippen LogP contribution in [0, 0.1) is 10.8 Å². The first kappa shape index (κ1) is 32.2. The van der Waals surface area contributed by atoms with Crippen LogP contribution >= 0.6 is 0 Å². The summed E-state index contributed by atoms with van der Waals surface area (Å²) >= 11 is 0. The maximum Gasteiger partial charge on any atom is 0.335 e. The molecule has 8 heteroatoms. The van der Waals surface area contributed by atoms with Crippen molar-refractivity contribution in [2.24, 2.45) is 10.8 Å². The number of esters is 2. The van der Waals surface area contributed by atoms with E-state index >= 15 is 0 Å². The maximum absolute atomic E-state index is 13.2. The van der Waals surface area contributed by atoms with E-state index in [1.165, 1.54) is 20.8 Å². The molecule has 0 aliphatic carbocycles. The summed E-state index contributed by atoms with van der Waals surface area (Å²) in [7, 11) is 0. The van der Waals surface area contributed by atoms with Crippen LogP contribution in [0.3, 0.4) is 0 Å². The standard InChI is InChI=1S/C26H46O8/c1-15(19(27)23(5,6)7)31-22(30)18(4)34-26(13,14)25(11,12)20(28)16(2)32-21(29)17(3)33-24(8,9)10/h15-18H,1-14H3. The Morgan fingerprint density at radius 3 is 1.24 bits per heavy atom. The molecular formula is C26H46O8. The van der Waals surface area contributed by atoms with Crippen LogP contribution in [-0.2, 0) is 38.1 Å². The van der Waals surface area contributed by atoms with E-state index in [9.17, 15) is 19.2 Å². The Hall–Kier alpha value is -1.80. The lowest BCUT2D eigenvalue weighted by Gasteiger charge is -2.42. The molecule has 0 N–H and O–H groups in total. The molecule has 34 heavy (non-hydrogen) atoms. The molecule has 4 atom stereocenters. The average molecular weight is 487 g/mol. The van der Waals surface area contributed by atoms with E-state index in [4.69, 9.17) is 18.9 Å². The fraction of sp³-hybridized carbons (Fsp3) is 0.846. The van der Waals surface area contributed by atoms with Gasteiger partial charge in [-0.25, -0.2) is 9.59 Å². The molecule has 0 aliphatic heterocycles. The lowest BCUT2D eigenvalue weighted by atomic mass is 9.72. The first-order valence-corrected chi connectivity index (χ1v) is 11.8. The third-order valence-electron chi connectivity index (χ3n) is 5.85. The summed E-state index contributed by atoms with van der Waals surface area (Å²) in [6.45, 7) is 23.5. The number of rotatable bonds is 11. The molecule has 0 spiro atoms. The number of hydrogen-bond donors (Lipinski definition) is 0. The number of carbonyl (C=O) groups excluding carboxylic acids is 4. The normalized spacial score (nSPS) is 16.8. The quantitative estimate of drug-likeness (QED) is 0.395. The molecule has 0 aromatic carbocycles. The summed E-state index contributed by atoms with van der Waals surface area (Å²) in [6.07, 6.45) is -3.85. The van der Waals surface area contributed by atoms with Gasteiger partial charge in [0.15, 0.2) is 36.0 Å². The van der Waals surface area contributed by atoms with Gasteiger partial charge in [-0.1, -0.05) is 20.8 Å². The van der Waals surface area contributed by atoms with Gasteiger partial charge in [-0.05, 0) is 76.2 Å². The van der Waals surface area contributed by atoms with Gasteiger partial charge >= 0.3 is 11.9 Å². The minimum Gasteiger partial charge on any atom is -0.453 e. The van der Waals surface area contributed by atoms with Gasteiger partial charge < -0.3 is 18.9 Å². The Morgan fingerprint density at radius 1 is 0.529 bits per heavy atom. The topological polar surface area (TPSA) is 105 Å². The Bertz CT molecular complexity index is 752. The van der Waals surface area contributed by atoms with E-state index < -0.39 is 58.4 Å². The van der Waals surface area contributed by atoms with Crippen molar-refractivity contribution in [1.29, 1.82) is 0 Å². The molecule has 8 nitrogen and oxygen atoms in total. The molecule has 0 aromatic rings. The van der Waals surface area contributed by atoms with Gasteiger partial charge in [0.25, 0.3) is 0 Å². The highest BCUT2D eigenvalue weighted by Gasteiger charge is 2.48. The first-order chi connectivity index (χ1) is 14.9. The van der Waals surface area contributed by atoms with Gasteiger partial charge in [-0.2, -0.15) is 0 Å². The molecule has 0 bridgehead atoms. The molecule has 0 saturated heterocycles. The van der Waals surface area contributed by atoms with Crippen LogP contribution in [0.25, 0.3) is 0 Å². The second-order valence-corrected chi connectivity index (χ2v) is 11.9. The van der Waals surface area contributed by atoms with E-state index in [1.54, 1.807) is 55.4 Å². The lowest BCUT2D eigenvalue weighted by molar-refractivity contribution is -0.191. The fourth-order valence-electron chi connectivity index (χ4n) is 3.28. The third-order valence-corrected chi connectivity index (χ3v) is 5.85. The van der Waals surface area contributed by atoms with Crippen LogP contribution in [0.4, 0.5) is 0 Å². The smallest absolute Gasteiger partial charge is 0.335 e. The van der Waals surface area contributed by atoms with Gasteiger partial charge in [-0.3, -0.25) is 9.59 Å². The molecule has 0 heterocycles. The van der Waals surface area contributed by atoms with Crippen LogP contribution in [0.1, 0.15) is 96.9 Å². The van der Waals surface area contributed by atoms with Crippen molar-refractivity contribution in [3.8, 4) is 0 Å². The van der Waals surface area contributed by atoms with Crippen LogP contribution in [0.15, 0.2) is 0 Å². The lowest BCUT2D eigenvalue weighted by Crippen LogP contribution is -2.53. The Labute approximate surface area is 205 Å². The van der Waals surface area contributed by atoms with Crippen molar-refractivity contribution in [1.82, 2.24) is 0 Å². The summed E-state index contributed by atoms with van der Waals surface area (Å²) in [5.74, 6) is -1.91. The largest absolute Gasteiger partial charge is 0.453 e. The highest BCUT2D eigenvalue weighted by molar-refractivity contribution is 5.91. The molecule has 0 saturated carbocycles. The fourth-order valence-corrected chi connectivity index (χ4v) is 3.28. The molecule has 0 amide bonds. The summed E-state index contributed by atoms with van der Waals surface area (Å²) in [4.78, 5) is 50.5. The molecule has 0 aliphatic rings. The van der Waals surface area contributed by atoms with E-state index in [2.05, 4.69) is 0 Å². The molecule has 4 unspecified atom stereocenters. The SMILES string of the molecule is CC(OC(C)(C)C)C(=O)OC(C)C(=O)C(C)(C)C(C)(C)OC(C)C(=O)OC(C)C(=O)C(C)(C)C. The monoisotopic (exact) mass is 486 g/mol. The number of hydrogen-bond acceptors (Lipinski definition) is 8. The zero-order valence-electron chi connectivity index (χ0n) is 23.6. The van der Waals surface area contributed by atoms with Gasteiger partial charge in [0.2, 0.25) is 0 Å². The molecule has 198 valence electrons. The van der Waals surface area contributed by atoms with Gasteiger partial charge in [0.05, 0.1) is 16.6 Å². The highest BCUT2D eigenvalue weighted by atomic mass is 16.6. The van der Waals surface area contributed by atoms with Gasteiger partial charge in [-0.15, -0.1) is 0 Å². The van der Waals surface area contributed by atoms with E-state index in [0.29, 0.717) is 0 Å². The molecule has 0 aromatic heterocycles. The molecule has 0 fully saturated rings. The van der Waals surface area contributed by atoms with Crippen molar-refractivity contribution in [2.75, 3.05) is 0 Å². The zero-order valence-corrected chi connectivity index (χ0v) is 23.6. The molecule has 0 radical (unpaired) electrons. The van der Waals surface area contributed by atoms with Crippen LogP contribution < -0.4 is 0 Å². The Morgan fingerprint density at radius 2 is 0.882 bits per heavy atom. The Balaban J connectivity index is 5.28. The summed E-state index contributed by atoms with van der Waals surface area (Å²) in [5.41, 5.74) is -3.46. The van der Waals surface area contributed by atoms with Crippen molar-refractivity contribution in [2.45, 2.75) is 133 Å². The summed E-state index contributed by atoms with van der Waals surface area (Å²) < 4.78 is 22.2. The van der Waals surface area contributed by atoms with Gasteiger partial charge in [0, 0.05) is 5.41 Å². The van der Waals surface area contributed by atoms with E-state index in [0.717, 1.165) is 0 Å². The van der Waals surface area contributed by atoms with Crippen LogP contribution in [0.2, 0.25) is 0 Å². The minimum atomic E-state index is -1.14. The van der Waals surface area contributed by atoms with Crippen molar-refractivity contribution in [3.05, 3.63) is 0 Å². The number of carbonyl (C=O) groups is 4. The van der Waals surface area contributed by atoms with Crippen LogP contribution in [-0.4, -0.2) is 59.1 Å². The summed E-state index contributed by atoms with van der Waals surface area (Å²) in [5, 5.41) is 0. The number of ether oxygens (including phenoxy) is 4. The number of ketones is 2. The minimum absolute atomic E-state index is 0.205. The van der Waals surface area contributed by atoms with E-state index in [-0.39, 0.29) is 11.6 Å². The van der Waals surface area contributed by atoms with Gasteiger partial charge in [0.1, 0.15) is 0 Å². The van der Waals surface area contributed by atoms with E-state index in [1.807, 2.05) is 20.8 Å². The van der Waals surface area contributed by atoms with Crippen molar-refractivity contribution < 1.29 is 38.1 Å². The van der Waals surface area contributed by atoms with Crippen LogP contribution in [0.5, 0.6) is 0 Å². The first-order valence-electron chi connectivity index (χ1n) is 11.8. The average Bonchev–Trinajstić information content (AvgIpc) is 2.63. The number of Topliss-reactive ketones (excluding diaryl/α,β-unsaturated/α-hetero) is 2. The zero-order chi connectivity index (χ0) is 27.4. The second kappa shape index (κ2) is 11.3.